The van der Waals surface area contributed by atoms with E-state index in [9.17, 15) is 0 Å². The molecule has 0 bridgehead atoms. The molecule has 1 aliphatic rings. The van der Waals surface area contributed by atoms with Crippen molar-refractivity contribution in [3.8, 4) is 0 Å². The Bertz CT molecular complexity index is 537. The summed E-state index contributed by atoms with van der Waals surface area (Å²) in [6.45, 7) is 8.52. The molecule has 0 radical (unpaired) electrons. The molecule has 1 aliphatic heterocycles. The second kappa shape index (κ2) is 13.5. The number of benzene rings is 1. The summed E-state index contributed by atoms with van der Waals surface area (Å²) in [6, 6.07) is 10.5. The number of nitrogens with one attached hydrogen (secondary N) is 2. The zero-order valence-corrected chi connectivity index (χ0v) is 18.3. The Kier molecular flexibility index (Phi) is 12.0. The minimum absolute atomic E-state index is 0. The summed E-state index contributed by atoms with van der Waals surface area (Å²) in [7, 11) is 0. The molecule has 0 spiro atoms. The maximum atomic E-state index is 5.34. The highest BCUT2D eigenvalue weighted by atomic mass is 127. The van der Waals surface area contributed by atoms with Gasteiger partial charge in [-0.25, -0.2) is 0 Å². The van der Waals surface area contributed by atoms with E-state index in [4.69, 9.17) is 9.73 Å². The predicted molar refractivity (Wildman–Crippen MR) is 119 cm³/mol. The van der Waals surface area contributed by atoms with E-state index in [0.29, 0.717) is 5.25 Å². The van der Waals surface area contributed by atoms with E-state index in [1.54, 1.807) is 0 Å². The summed E-state index contributed by atoms with van der Waals surface area (Å²) >= 11 is 1.86. The molecule has 25 heavy (non-hydrogen) atoms. The Morgan fingerprint density at radius 2 is 2.08 bits per heavy atom. The van der Waals surface area contributed by atoms with Gasteiger partial charge in [0.2, 0.25) is 0 Å². The average Bonchev–Trinajstić information content (AvgIpc) is 2.61. The fourth-order valence-corrected chi connectivity index (χ4v) is 3.39. The Morgan fingerprint density at radius 3 is 2.76 bits per heavy atom. The number of thioether (sulfide) groups is 1. The van der Waals surface area contributed by atoms with Gasteiger partial charge in [-0.3, -0.25) is 4.99 Å². The zero-order chi connectivity index (χ0) is 17.0. The molecule has 4 nitrogen and oxygen atoms in total. The average molecular weight is 475 g/mol. The van der Waals surface area contributed by atoms with E-state index in [0.717, 1.165) is 51.6 Å². The van der Waals surface area contributed by atoms with Crippen LogP contribution in [0, 0.1) is 0 Å². The lowest BCUT2D eigenvalue weighted by molar-refractivity contribution is 0.153. The summed E-state index contributed by atoms with van der Waals surface area (Å²) in [5, 5.41) is 7.21. The van der Waals surface area contributed by atoms with Gasteiger partial charge >= 0.3 is 0 Å². The minimum Gasteiger partial charge on any atom is -0.377 e. The highest BCUT2D eigenvalue weighted by molar-refractivity contribution is 14.0. The van der Waals surface area contributed by atoms with E-state index >= 15 is 0 Å². The van der Waals surface area contributed by atoms with Crippen molar-refractivity contribution in [1.29, 1.82) is 0 Å². The molecule has 1 aromatic carbocycles. The molecule has 0 amide bonds. The van der Waals surface area contributed by atoms with Gasteiger partial charge in [0.25, 0.3) is 0 Å². The van der Waals surface area contributed by atoms with Crippen molar-refractivity contribution in [2.75, 3.05) is 32.8 Å². The number of halogens is 1. The molecule has 1 aromatic rings. The SMILES string of the molecule is CCNC(=NCC(C)Sc1ccccc1)NCCC1=CCOCC1.I. The molecule has 0 aliphatic carbocycles. The molecular formula is C19H30IN3OS. The first-order valence-electron chi connectivity index (χ1n) is 8.77. The molecule has 0 saturated carbocycles. The topological polar surface area (TPSA) is 45.7 Å². The summed E-state index contributed by atoms with van der Waals surface area (Å²) in [6.07, 6.45) is 4.32. The third-order valence-corrected chi connectivity index (χ3v) is 4.82. The largest absolute Gasteiger partial charge is 0.377 e. The first-order chi connectivity index (χ1) is 11.8. The smallest absolute Gasteiger partial charge is 0.191 e. The van der Waals surface area contributed by atoms with Gasteiger partial charge < -0.3 is 15.4 Å². The molecule has 0 saturated heterocycles. The Labute approximate surface area is 173 Å². The van der Waals surface area contributed by atoms with Gasteiger partial charge in [0.15, 0.2) is 5.96 Å². The van der Waals surface area contributed by atoms with E-state index < -0.39 is 0 Å². The quantitative estimate of drug-likeness (QED) is 0.196. The number of hydrogen-bond donors (Lipinski definition) is 2. The summed E-state index contributed by atoms with van der Waals surface area (Å²) in [5.74, 6) is 0.908. The third-order valence-electron chi connectivity index (χ3n) is 3.73. The Balaban J connectivity index is 0.00000312. The second-order valence-corrected chi connectivity index (χ2v) is 7.34. The molecule has 1 heterocycles. The summed E-state index contributed by atoms with van der Waals surface area (Å²) < 4.78 is 5.34. The van der Waals surface area contributed by atoms with Crippen molar-refractivity contribution in [3.63, 3.8) is 0 Å². The van der Waals surface area contributed by atoms with Crippen LogP contribution < -0.4 is 10.6 Å². The van der Waals surface area contributed by atoms with E-state index in [1.165, 1.54) is 10.5 Å². The summed E-state index contributed by atoms with van der Waals surface area (Å²) in [5.41, 5.74) is 1.48. The van der Waals surface area contributed by atoms with Crippen molar-refractivity contribution in [1.82, 2.24) is 10.6 Å². The van der Waals surface area contributed by atoms with Crippen molar-refractivity contribution < 1.29 is 4.74 Å². The number of nitrogens with zero attached hydrogens (tertiary/aromatic N) is 1. The summed E-state index contributed by atoms with van der Waals surface area (Å²) in [4.78, 5) is 6.02. The number of aliphatic imine (C=N–C) groups is 1. The standard InChI is InChI=1S/C19H29N3OS.HI/c1-3-20-19(21-12-9-17-10-13-23-14-11-17)22-15-16(2)24-18-7-5-4-6-8-18;/h4-8,10,16H,3,9,11-15H2,1-2H3,(H2,20,21,22);1H. The van der Waals surface area contributed by atoms with E-state index in [2.05, 4.69) is 54.8 Å². The molecular weight excluding hydrogens is 445 g/mol. The van der Waals surface area contributed by atoms with Crippen LogP contribution in [0.5, 0.6) is 0 Å². The molecule has 2 rings (SSSR count). The first-order valence-corrected chi connectivity index (χ1v) is 9.65. The predicted octanol–water partition coefficient (Wildman–Crippen LogP) is 4.08. The number of ether oxygens (including phenoxy) is 1. The Hall–Kier alpha value is -0.730. The number of rotatable bonds is 8. The number of guanidine groups is 1. The van der Waals surface area contributed by atoms with Crippen LogP contribution in [0.25, 0.3) is 0 Å². The van der Waals surface area contributed by atoms with Crippen molar-refractivity contribution in [2.24, 2.45) is 4.99 Å². The van der Waals surface area contributed by atoms with Gasteiger partial charge in [-0.15, -0.1) is 35.7 Å². The highest BCUT2D eigenvalue weighted by Crippen LogP contribution is 2.22. The van der Waals surface area contributed by atoms with Gasteiger partial charge in [-0.2, -0.15) is 0 Å². The van der Waals surface area contributed by atoms with Gasteiger partial charge in [0.1, 0.15) is 0 Å². The minimum atomic E-state index is 0. The van der Waals surface area contributed by atoms with Crippen LogP contribution in [0.4, 0.5) is 0 Å². The number of hydrogen-bond acceptors (Lipinski definition) is 3. The fraction of sp³-hybridized carbons (Fsp3) is 0.526. The third kappa shape index (κ3) is 9.51. The lowest BCUT2D eigenvalue weighted by atomic mass is 10.1. The Morgan fingerprint density at radius 1 is 1.28 bits per heavy atom. The lowest BCUT2D eigenvalue weighted by Crippen LogP contribution is -2.38. The van der Waals surface area contributed by atoms with Crippen LogP contribution in [-0.4, -0.2) is 44.1 Å². The monoisotopic (exact) mass is 475 g/mol. The molecule has 1 atom stereocenters. The molecule has 1 unspecified atom stereocenters. The van der Waals surface area contributed by atoms with Crippen LogP contribution in [0.2, 0.25) is 0 Å². The van der Waals surface area contributed by atoms with E-state index in [1.807, 2.05) is 17.8 Å². The van der Waals surface area contributed by atoms with Crippen LogP contribution in [0.15, 0.2) is 51.9 Å². The fourth-order valence-electron chi connectivity index (χ4n) is 2.46. The van der Waals surface area contributed by atoms with Crippen LogP contribution in [0.3, 0.4) is 0 Å². The van der Waals surface area contributed by atoms with Crippen LogP contribution >= 0.6 is 35.7 Å². The molecule has 2 N–H and O–H groups in total. The normalized spacial score (nSPS) is 15.8. The van der Waals surface area contributed by atoms with Gasteiger partial charge in [-0.1, -0.05) is 36.8 Å². The van der Waals surface area contributed by atoms with Crippen molar-refractivity contribution in [3.05, 3.63) is 42.0 Å². The highest BCUT2D eigenvalue weighted by Gasteiger charge is 2.06. The molecule has 0 fully saturated rings. The lowest BCUT2D eigenvalue weighted by Gasteiger charge is -2.16. The zero-order valence-electron chi connectivity index (χ0n) is 15.2. The second-order valence-electron chi connectivity index (χ2n) is 5.83. The van der Waals surface area contributed by atoms with Gasteiger partial charge in [0, 0.05) is 23.2 Å². The van der Waals surface area contributed by atoms with E-state index in [-0.39, 0.29) is 24.0 Å². The van der Waals surface area contributed by atoms with Crippen LogP contribution in [0.1, 0.15) is 26.7 Å². The van der Waals surface area contributed by atoms with Crippen LogP contribution in [-0.2, 0) is 4.74 Å². The molecule has 0 aromatic heterocycles. The van der Waals surface area contributed by atoms with Crippen molar-refractivity contribution >= 4 is 41.7 Å². The maximum absolute atomic E-state index is 5.34. The first kappa shape index (κ1) is 22.3. The maximum Gasteiger partial charge on any atom is 0.191 e. The molecule has 140 valence electrons. The van der Waals surface area contributed by atoms with Crippen molar-refractivity contribution in [2.45, 2.75) is 36.8 Å². The van der Waals surface area contributed by atoms with Gasteiger partial charge in [-0.05, 0) is 31.9 Å². The van der Waals surface area contributed by atoms with Gasteiger partial charge in [0.05, 0.1) is 19.8 Å². The molecule has 6 heteroatoms.